The normalized spacial score (nSPS) is 23.6. The van der Waals surface area contributed by atoms with Crippen LogP contribution in [-0.4, -0.2) is 70.2 Å². The van der Waals surface area contributed by atoms with E-state index in [9.17, 15) is 9.90 Å². The zero-order chi connectivity index (χ0) is 23.7. The van der Waals surface area contributed by atoms with Crippen molar-refractivity contribution in [3.8, 4) is 5.75 Å². The summed E-state index contributed by atoms with van der Waals surface area (Å²) in [6.07, 6.45) is 1.13. The number of carbonyl (C=O) groups excluding carboxylic acids is 1. The number of benzene rings is 2. The molecule has 34 heavy (non-hydrogen) atoms. The molecule has 2 aromatic carbocycles. The largest absolute Gasteiger partial charge is 0.497 e. The lowest BCUT2D eigenvalue weighted by Gasteiger charge is -2.48. The second kappa shape index (κ2) is 9.74. The highest BCUT2D eigenvalue weighted by atomic mass is 16.5. The van der Waals surface area contributed by atoms with Gasteiger partial charge in [-0.25, -0.2) is 0 Å². The van der Waals surface area contributed by atoms with Crippen LogP contribution in [0.1, 0.15) is 35.8 Å². The number of carbonyl (C=O) groups is 1. The van der Waals surface area contributed by atoms with Gasteiger partial charge in [-0.05, 0) is 43.5 Å². The third-order valence-electron chi connectivity index (χ3n) is 6.84. The number of amides is 1. The number of para-hydroxylation sites is 1. The number of nitrogens with one attached hydrogen (secondary N) is 1. The van der Waals surface area contributed by atoms with Gasteiger partial charge in [0, 0.05) is 30.1 Å². The molecule has 3 heterocycles. The summed E-state index contributed by atoms with van der Waals surface area (Å²) in [4.78, 5) is 15.8. The second-order valence-corrected chi connectivity index (χ2v) is 9.40. The number of ether oxygens (including phenoxy) is 2. The minimum absolute atomic E-state index is 0.0687. The molecular weight excluding hydrogens is 432 g/mol. The summed E-state index contributed by atoms with van der Waals surface area (Å²) in [6.45, 7) is 4.27. The third kappa shape index (κ3) is 4.66. The molecule has 8 nitrogen and oxygen atoms in total. The van der Waals surface area contributed by atoms with Crippen LogP contribution in [0.4, 0.5) is 0 Å². The topological polar surface area (TPSA) is 88.9 Å². The van der Waals surface area contributed by atoms with Crippen molar-refractivity contribution in [1.29, 1.82) is 0 Å². The van der Waals surface area contributed by atoms with Crippen LogP contribution in [0.3, 0.4) is 0 Å². The number of nitrogens with zero attached hydrogens (tertiary/aromatic N) is 3. The predicted octanol–water partition coefficient (Wildman–Crippen LogP) is 2.59. The van der Waals surface area contributed by atoms with Crippen LogP contribution in [0.25, 0.3) is 10.9 Å². The first-order valence-corrected chi connectivity index (χ1v) is 11.9. The quantitative estimate of drug-likeness (QED) is 0.559. The molecule has 0 radical (unpaired) electrons. The number of aromatic nitrogens is 2. The molecule has 1 aromatic heterocycles. The van der Waals surface area contributed by atoms with Gasteiger partial charge in [-0.3, -0.25) is 14.4 Å². The van der Waals surface area contributed by atoms with Gasteiger partial charge in [0.25, 0.3) is 5.91 Å². The summed E-state index contributed by atoms with van der Waals surface area (Å²) in [5, 5.41) is 18.4. The van der Waals surface area contributed by atoms with Gasteiger partial charge < -0.3 is 19.9 Å². The molecule has 2 saturated heterocycles. The summed E-state index contributed by atoms with van der Waals surface area (Å²) in [6, 6.07) is 16.5. The van der Waals surface area contributed by atoms with E-state index >= 15 is 0 Å². The molecule has 1 unspecified atom stereocenters. The van der Waals surface area contributed by atoms with Crippen molar-refractivity contribution in [2.45, 2.75) is 57.1 Å². The second-order valence-electron chi connectivity index (χ2n) is 9.40. The monoisotopic (exact) mass is 464 g/mol. The Balaban J connectivity index is 1.29. The van der Waals surface area contributed by atoms with Gasteiger partial charge in [0.1, 0.15) is 5.75 Å². The Morgan fingerprint density at radius 3 is 2.56 bits per heavy atom. The summed E-state index contributed by atoms with van der Waals surface area (Å²) in [5.74, 6) is 0.699. The minimum atomic E-state index is -0.548. The van der Waals surface area contributed by atoms with Crippen LogP contribution in [0, 0.1) is 0 Å². The lowest BCUT2D eigenvalue weighted by molar-refractivity contribution is -0.0843. The van der Waals surface area contributed by atoms with Gasteiger partial charge in [-0.1, -0.05) is 30.3 Å². The average Bonchev–Trinajstić information content (AvgIpc) is 3.18. The van der Waals surface area contributed by atoms with E-state index in [1.807, 2.05) is 36.4 Å². The van der Waals surface area contributed by atoms with Crippen LogP contribution in [0.15, 0.2) is 48.5 Å². The van der Waals surface area contributed by atoms with Gasteiger partial charge in [0.05, 0.1) is 38.5 Å². The van der Waals surface area contributed by atoms with E-state index in [4.69, 9.17) is 9.47 Å². The first-order valence-electron chi connectivity index (χ1n) is 11.9. The summed E-state index contributed by atoms with van der Waals surface area (Å²) in [5.41, 5.74) is 2.52. The van der Waals surface area contributed by atoms with E-state index in [0.29, 0.717) is 25.5 Å². The van der Waals surface area contributed by atoms with E-state index in [1.54, 1.807) is 18.7 Å². The molecule has 2 aliphatic heterocycles. The number of fused-ring (bicyclic) bond motifs is 3. The SMILES string of the molecule is COc1ccc(CN2[C@@H]3COC[C@H]2C[C@@H](NC(=O)c2nn(CC(C)O)c4ccccc24)C3)cc1. The smallest absolute Gasteiger partial charge is 0.272 e. The maximum Gasteiger partial charge on any atom is 0.272 e. The Morgan fingerprint density at radius 1 is 1.18 bits per heavy atom. The summed E-state index contributed by atoms with van der Waals surface area (Å²) < 4.78 is 12.9. The first kappa shape index (κ1) is 22.8. The van der Waals surface area contributed by atoms with Crippen molar-refractivity contribution < 1.29 is 19.4 Å². The van der Waals surface area contributed by atoms with Crippen molar-refractivity contribution in [3.63, 3.8) is 0 Å². The molecule has 3 aromatic rings. The Hall–Kier alpha value is -2.94. The summed E-state index contributed by atoms with van der Waals surface area (Å²) in [7, 11) is 1.68. The molecule has 2 aliphatic rings. The number of piperidine rings is 1. The molecule has 0 spiro atoms. The maximum atomic E-state index is 13.3. The molecule has 0 aliphatic carbocycles. The fourth-order valence-corrected chi connectivity index (χ4v) is 5.25. The zero-order valence-corrected chi connectivity index (χ0v) is 19.7. The number of hydrogen-bond donors (Lipinski definition) is 2. The lowest BCUT2D eigenvalue weighted by atomic mass is 9.89. The highest BCUT2D eigenvalue weighted by Crippen LogP contribution is 2.30. The third-order valence-corrected chi connectivity index (χ3v) is 6.84. The number of rotatable bonds is 7. The van der Waals surface area contributed by atoms with Crippen molar-refractivity contribution in [2.75, 3.05) is 20.3 Å². The Morgan fingerprint density at radius 2 is 1.88 bits per heavy atom. The molecule has 2 N–H and O–H groups in total. The van der Waals surface area contributed by atoms with E-state index in [2.05, 4.69) is 27.4 Å². The van der Waals surface area contributed by atoms with E-state index < -0.39 is 6.10 Å². The highest BCUT2D eigenvalue weighted by molar-refractivity contribution is 6.05. The number of aliphatic hydroxyl groups excluding tert-OH is 1. The standard InChI is InChI=1S/C26H32N4O4/c1-17(31)13-30-24-6-4-3-5-23(24)25(28-30)26(32)27-19-11-20-15-34-16-21(12-19)29(20)14-18-7-9-22(33-2)10-8-18/h3-10,17,19-21,31H,11-16H2,1-2H3,(H,27,32)/t17?,19-,20-,21+. The fourth-order valence-electron chi connectivity index (χ4n) is 5.25. The number of methoxy groups -OCH3 is 1. The van der Waals surface area contributed by atoms with Gasteiger partial charge in [0.15, 0.2) is 5.69 Å². The van der Waals surface area contributed by atoms with E-state index in [0.717, 1.165) is 36.0 Å². The van der Waals surface area contributed by atoms with Gasteiger partial charge in [-0.2, -0.15) is 5.10 Å². The van der Waals surface area contributed by atoms with Crippen LogP contribution in [0.2, 0.25) is 0 Å². The molecule has 1 amide bonds. The Kier molecular flexibility index (Phi) is 6.54. The molecule has 180 valence electrons. The fraction of sp³-hybridized carbons (Fsp3) is 0.462. The zero-order valence-electron chi connectivity index (χ0n) is 19.7. The molecule has 8 heteroatoms. The van der Waals surface area contributed by atoms with E-state index in [-0.39, 0.29) is 24.0 Å². The van der Waals surface area contributed by atoms with Crippen LogP contribution in [0.5, 0.6) is 5.75 Å². The molecule has 2 fully saturated rings. The van der Waals surface area contributed by atoms with Crippen LogP contribution in [-0.2, 0) is 17.8 Å². The van der Waals surface area contributed by atoms with Crippen molar-refractivity contribution in [2.24, 2.45) is 0 Å². The van der Waals surface area contributed by atoms with Gasteiger partial charge in [0.2, 0.25) is 0 Å². The van der Waals surface area contributed by atoms with Gasteiger partial charge >= 0.3 is 0 Å². The molecule has 4 atom stereocenters. The van der Waals surface area contributed by atoms with Crippen molar-refractivity contribution >= 4 is 16.8 Å². The van der Waals surface area contributed by atoms with Crippen molar-refractivity contribution in [1.82, 2.24) is 20.0 Å². The van der Waals surface area contributed by atoms with Crippen molar-refractivity contribution in [3.05, 3.63) is 59.8 Å². The number of hydrogen-bond acceptors (Lipinski definition) is 6. The van der Waals surface area contributed by atoms with Crippen LogP contribution >= 0.6 is 0 Å². The average molecular weight is 465 g/mol. The predicted molar refractivity (Wildman–Crippen MR) is 129 cm³/mol. The Labute approximate surface area is 199 Å². The number of aliphatic hydroxyl groups is 1. The summed E-state index contributed by atoms with van der Waals surface area (Å²) >= 11 is 0. The molecule has 0 saturated carbocycles. The van der Waals surface area contributed by atoms with Crippen LogP contribution < -0.4 is 10.1 Å². The molecule has 2 bridgehead atoms. The van der Waals surface area contributed by atoms with E-state index in [1.165, 1.54) is 5.56 Å². The highest BCUT2D eigenvalue weighted by Gasteiger charge is 2.39. The maximum absolute atomic E-state index is 13.3. The number of morpholine rings is 1. The Bertz CT molecular complexity index is 1130. The first-order chi connectivity index (χ1) is 16.5. The minimum Gasteiger partial charge on any atom is -0.497 e. The lowest BCUT2D eigenvalue weighted by Crippen LogP contribution is -2.60. The molecule has 5 rings (SSSR count). The van der Waals surface area contributed by atoms with Gasteiger partial charge in [-0.15, -0.1) is 0 Å². The molecular formula is C26H32N4O4.